The Balaban J connectivity index is 1.83. The highest BCUT2D eigenvalue weighted by atomic mass is 16.3. The SMILES string of the molecule is O=C(C[C@H](c1ccco1)[C@@H]1CCCCC1=O)c1ccccc1. The summed E-state index contributed by atoms with van der Waals surface area (Å²) in [5.74, 6) is 0.862. The molecule has 22 heavy (non-hydrogen) atoms. The Bertz CT molecular complexity index is 628. The van der Waals surface area contributed by atoms with Crippen molar-refractivity contribution in [2.24, 2.45) is 5.92 Å². The Morgan fingerprint density at radius 1 is 1.14 bits per heavy atom. The molecule has 0 spiro atoms. The van der Waals surface area contributed by atoms with Crippen LogP contribution < -0.4 is 0 Å². The van der Waals surface area contributed by atoms with E-state index in [2.05, 4.69) is 0 Å². The topological polar surface area (TPSA) is 47.3 Å². The molecule has 1 aliphatic rings. The van der Waals surface area contributed by atoms with Crippen LogP contribution in [0, 0.1) is 5.92 Å². The third-order valence-electron chi connectivity index (χ3n) is 4.50. The van der Waals surface area contributed by atoms with Gasteiger partial charge in [-0.3, -0.25) is 9.59 Å². The Hall–Kier alpha value is -2.16. The zero-order chi connectivity index (χ0) is 15.4. The van der Waals surface area contributed by atoms with Crippen LogP contribution in [0.3, 0.4) is 0 Å². The zero-order valence-electron chi connectivity index (χ0n) is 12.5. The fourth-order valence-electron chi connectivity index (χ4n) is 3.32. The quantitative estimate of drug-likeness (QED) is 0.768. The van der Waals surface area contributed by atoms with Crippen molar-refractivity contribution in [3.8, 4) is 0 Å². The van der Waals surface area contributed by atoms with Crippen LogP contribution in [0.5, 0.6) is 0 Å². The molecule has 2 atom stereocenters. The van der Waals surface area contributed by atoms with Crippen LogP contribution in [0.4, 0.5) is 0 Å². The Morgan fingerprint density at radius 2 is 1.95 bits per heavy atom. The van der Waals surface area contributed by atoms with E-state index in [1.807, 2.05) is 42.5 Å². The summed E-state index contributed by atoms with van der Waals surface area (Å²) in [4.78, 5) is 24.8. The van der Waals surface area contributed by atoms with E-state index in [0.717, 1.165) is 25.0 Å². The summed E-state index contributed by atoms with van der Waals surface area (Å²) in [6.45, 7) is 0. The van der Waals surface area contributed by atoms with Gasteiger partial charge in [0.05, 0.1) is 6.26 Å². The molecular formula is C19H20O3. The lowest BCUT2D eigenvalue weighted by atomic mass is 9.75. The van der Waals surface area contributed by atoms with Crippen molar-refractivity contribution in [2.75, 3.05) is 0 Å². The molecule has 0 saturated heterocycles. The van der Waals surface area contributed by atoms with Gasteiger partial charge in [-0.25, -0.2) is 0 Å². The maximum Gasteiger partial charge on any atom is 0.163 e. The van der Waals surface area contributed by atoms with Crippen molar-refractivity contribution >= 4 is 11.6 Å². The molecule has 0 radical (unpaired) electrons. The van der Waals surface area contributed by atoms with Crippen molar-refractivity contribution < 1.29 is 14.0 Å². The number of furan rings is 1. The van der Waals surface area contributed by atoms with Crippen molar-refractivity contribution in [1.29, 1.82) is 0 Å². The van der Waals surface area contributed by atoms with E-state index < -0.39 is 0 Å². The number of ketones is 2. The van der Waals surface area contributed by atoms with Crippen molar-refractivity contribution in [3.05, 3.63) is 60.1 Å². The minimum atomic E-state index is -0.143. The van der Waals surface area contributed by atoms with E-state index >= 15 is 0 Å². The lowest BCUT2D eigenvalue weighted by Gasteiger charge is -2.27. The van der Waals surface area contributed by atoms with Gasteiger partial charge in [-0.15, -0.1) is 0 Å². The average Bonchev–Trinajstić information content (AvgIpc) is 3.08. The van der Waals surface area contributed by atoms with Gasteiger partial charge in [-0.05, 0) is 25.0 Å². The summed E-state index contributed by atoms with van der Waals surface area (Å²) in [5.41, 5.74) is 0.697. The summed E-state index contributed by atoms with van der Waals surface area (Å²) in [5, 5.41) is 0. The van der Waals surface area contributed by atoms with Gasteiger partial charge < -0.3 is 4.42 Å². The van der Waals surface area contributed by atoms with Gasteiger partial charge >= 0.3 is 0 Å². The number of hydrogen-bond donors (Lipinski definition) is 0. The van der Waals surface area contributed by atoms with E-state index in [9.17, 15) is 9.59 Å². The van der Waals surface area contributed by atoms with E-state index in [1.54, 1.807) is 6.26 Å². The first-order valence-electron chi connectivity index (χ1n) is 7.90. The molecule has 0 aliphatic heterocycles. The molecule has 0 N–H and O–H groups in total. The van der Waals surface area contributed by atoms with Crippen molar-refractivity contribution in [3.63, 3.8) is 0 Å². The van der Waals surface area contributed by atoms with E-state index in [1.165, 1.54) is 0 Å². The molecule has 0 unspecified atom stereocenters. The third-order valence-corrected chi connectivity index (χ3v) is 4.50. The molecule has 1 saturated carbocycles. The summed E-state index contributed by atoms with van der Waals surface area (Å²) < 4.78 is 5.53. The lowest BCUT2D eigenvalue weighted by molar-refractivity contribution is -0.125. The Labute approximate surface area is 130 Å². The molecule has 0 bridgehead atoms. The summed E-state index contributed by atoms with van der Waals surface area (Å²) in [6, 6.07) is 13.0. The molecule has 3 nitrogen and oxygen atoms in total. The number of carbonyl (C=O) groups is 2. The normalized spacial score (nSPS) is 19.8. The van der Waals surface area contributed by atoms with Crippen LogP contribution in [-0.4, -0.2) is 11.6 Å². The first-order chi connectivity index (χ1) is 10.8. The van der Waals surface area contributed by atoms with Gasteiger partial charge in [0.15, 0.2) is 5.78 Å². The number of carbonyl (C=O) groups excluding carboxylic acids is 2. The minimum Gasteiger partial charge on any atom is -0.469 e. The molecule has 1 aliphatic carbocycles. The van der Waals surface area contributed by atoms with Crippen LogP contribution in [0.15, 0.2) is 53.1 Å². The zero-order valence-corrected chi connectivity index (χ0v) is 12.5. The van der Waals surface area contributed by atoms with Gasteiger partial charge in [0.25, 0.3) is 0 Å². The standard InChI is InChI=1S/C19H20O3/c20-17-10-5-4-9-15(17)16(19-11-6-12-22-19)13-18(21)14-7-2-1-3-8-14/h1-3,6-8,11-12,15-16H,4-5,9-10,13H2/t15-,16-/m0/s1. The molecule has 3 heteroatoms. The van der Waals surface area contributed by atoms with Crippen molar-refractivity contribution in [1.82, 2.24) is 0 Å². The second kappa shape index (κ2) is 6.73. The maximum atomic E-state index is 12.5. The number of benzene rings is 1. The van der Waals surface area contributed by atoms with Gasteiger partial charge in [0.1, 0.15) is 11.5 Å². The largest absolute Gasteiger partial charge is 0.469 e. The second-order valence-electron chi connectivity index (χ2n) is 5.93. The number of hydrogen-bond acceptors (Lipinski definition) is 3. The fraction of sp³-hybridized carbons (Fsp3) is 0.368. The van der Waals surface area contributed by atoms with Gasteiger partial charge in [0.2, 0.25) is 0 Å². The first-order valence-corrected chi connectivity index (χ1v) is 7.90. The molecule has 1 aromatic carbocycles. The molecule has 1 aromatic heterocycles. The van der Waals surface area contributed by atoms with E-state index in [-0.39, 0.29) is 23.4 Å². The van der Waals surface area contributed by atoms with Crippen LogP contribution in [0.25, 0.3) is 0 Å². The molecule has 0 amide bonds. The molecule has 1 heterocycles. The molecule has 1 fully saturated rings. The van der Waals surface area contributed by atoms with Gasteiger partial charge in [0, 0.05) is 30.2 Å². The van der Waals surface area contributed by atoms with Crippen molar-refractivity contribution in [2.45, 2.75) is 38.0 Å². The second-order valence-corrected chi connectivity index (χ2v) is 5.93. The Morgan fingerprint density at radius 3 is 2.64 bits per heavy atom. The summed E-state index contributed by atoms with van der Waals surface area (Å²) in [6.07, 6.45) is 5.43. The number of Topliss-reactive ketones (excluding diaryl/α,β-unsaturated/α-hetero) is 2. The number of rotatable bonds is 5. The van der Waals surface area contributed by atoms with E-state index in [0.29, 0.717) is 18.4 Å². The van der Waals surface area contributed by atoms with Gasteiger partial charge in [-0.2, -0.15) is 0 Å². The molecule has 2 aromatic rings. The highest BCUT2D eigenvalue weighted by molar-refractivity contribution is 5.97. The van der Waals surface area contributed by atoms with Crippen LogP contribution in [0.2, 0.25) is 0 Å². The predicted octanol–water partition coefficient (Wildman–Crippen LogP) is 4.40. The van der Waals surface area contributed by atoms with Crippen LogP contribution in [-0.2, 0) is 4.79 Å². The minimum absolute atomic E-state index is 0.0698. The summed E-state index contributed by atoms with van der Waals surface area (Å²) >= 11 is 0. The predicted molar refractivity (Wildman–Crippen MR) is 83.8 cm³/mol. The smallest absolute Gasteiger partial charge is 0.163 e. The molecule has 114 valence electrons. The highest BCUT2D eigenvalue weighted by Gasteiger charge is 2.34. The molecular weight excluding hydrogens is 276 g/mol. The Kier molecular flexibility index (Phi) is 4.52. The van der Waals surface area contributed by atoms with Crippen LogP contribution >= 0.6 is 0 Å². The lowest BCUT2D eigenvalue weighted by Crippen LogP contribution is -2.27. The monoisotopic (exact) mass is 296 g/mol. The molecule has 3 rings (SSSR count). The maximum absolute atomic E-state index is 12.5. The fourth-order valence-corrected chi connectivity index (χ4v) is 3.32. The van der Waals surface area contributed by atoms with E-state index in [4.69, 9.17) is 4.42 Å². The highest BCUT2D eigenvalue weighted by Crippen LogP contribution is 2.37. The third kappa shape index (κ3) is 3.19. The summed E-state index contributed by atoms with van der Waals surface area (Å²) in [7, 11) is 0. The average molecular weight is 296 g/mol. The first kappa shape index (κ1) is 14.8. The van der Waals surface area contributed by atoms with Crippen LogP contribution in [0.1, 0.15) is 54.1 Å². The van der Waals surface area contributed by atoms with Gasteiger partial charge in [-0.1, -0.05) is 36.8 Å².